The highest BCUT2D eigenvalue weighted by molar-refractivity contribution is 5.90. The number of ether oxygens (including phenoxy) is 1. The summed E-state index contributed by atoms with van der Waals surface area (Å²) < 4.78 is 20.4. The van der Waals surface area contributed by atoms with E-state index in [2.05, 4.69) is 10.4 Å². The van der Waals surface area contributed by atoms with Gasteiger partial charge in [0, 0.05) is 31.3 Å². The van der Waals surface area contributed by atoms with Crippen molar-refractivity contribution < 1.29 is 13.9 Å². The van der Waals surface area contributed by atoms with Gasteiger partial charge < -0.3 is 15.8 Å². The van der Waals surface area contributed by atoms with Gasteiger partial charge in [0.15, 0.2) is 0 Å². The predicted molar refractivity (Wildman–Crippen MR) is 92.3 cm³/mol. The smallest absolute Gasteiger partial charge is 0.256 e. The Balaban J connectivity index is 1.70. The van der Waals surface area contributed by atoms with Crippen molar-refractivity contribution in [2.24, 2.45) is 0 Å². The first-order valence-corrected chi connectivity index (χ1v) is 8.55. The highest BCUT2D eigenvalue weighted by Gasteiger charge is 2.32. The van der Waals surface area contributed by atoms with Crippen molar-refractivity contribution in [1.82, 2.24) is 9.78 Å². The first-order valence-electron chi connectivity index (χ1n) is 8.55. The van der Waals surface area contributed by atoms with Crippen LogP contribution in [-0.2, 0) is 17.6 Å². The average Bonchev–Trinajstić information content (AvgIpc) is 2.96. The highest BCUT2D eigenvalue weighted by Crippen LogP contribution is 2.35. The van der Waals surface area contributed by atoms with Crippen LogP contribution in [0.15, 0.2) is 18.2 Å². The molecule has 25 heavy (non-hydrogen) atoms. The van der Waals surface area contributed by atoms with Gasteiger partial charge in [-0.2, -0.15) is 9.78 Å². The summed E-state index contributed by atoms with van der Waals surface area (Å²) in [5.74, 6) is -0.614. The van der Waals surface area contributed by atoms with E-state index in [1.165, 1.54) is 16.8 Å². The lowest BCUT2D eigenvalue weighted by Crippen LogP contribution is -2.28. The average molecular weight is 344 g/mol. The van der Waals surface area contributed by atoms with Crippen molar-refractivity contribution in [2.75, 3.05) is 24.7 Å². The van der Waals surface area contributed by atoms with Gasteiger partial charge in [0.05, 0.1) is 17.7 Å². The van der Waals surface area contributed by atoms with Gasteiger partial charge in [-0.25, -0.2) is 4.39 Å². The predicted octanol–water partition coefficient (Wildman–Crippen LogP) is 2.35. The number of aromatic nitrogens is 2. The topological polar surface area (TPSA) is 82.2 Å². The molecule has 1 aromatic carbocycles. The molecule has 0 spiro atoms. The number of nitrogens with two attached hydrogens (primary N) is 1. The zero-order valence-electron chi connectivity index (χ0n) is 14.1. The molecule has 3 N–H and O–H groups in total. The van der Waals surface area contributed by atoms with Crippen LogP contribution in [0.3, 0.4) is 0 Å². The maximum Gasteiger partial charge on any atom is 0.256 e. The van der Waals surface area contributed by atoms with Crippen LogP contribution in [0.1, 0.15) is 40.4 Å². The van der Waals surface area contributed by atoms with Gasteiger partial charge in [-0.15, -0.1) is 0 Å². The minimum atomic E-state index is -0.450. The minimum Gasteiger partial charge on any atom is -0.385 e. The third-order valence-electron chi connectivity index (χ3n) is 5.22. The maximum absolute atomic E-state index is 13.7. The zero-order valence-corrected chi connectivity index (χ0v) is 14.1. The zero-order chi connectivity index (χ0) is 17.6. The molecule has 6 nitrogen and oxygen atoms in total. The van der Waals surface area contributed by atoms with Crippen molar-refractivity contribution >= 4 is 17.4 Å². The number of benzene rings is 1. The summed E-state index contributed by atoms with van der Waals surface area (Å²) in [6, 6.07) is 4.49. The van der Waals surface area contributed by atoms with Gasteiger partial charge in [0.1, 0.15) is 11.6 Å². The molecule has 1 aliphatic heterocycles. The molecule has 0 saturated heterocycles. The fourth-order valence-corrected chi connectivity index (χ4v) is 3.82. The number of anilines is 2. The van der Waals surface area contributed by atoms with E-state index in [9.17, 15) is 9.18 Å². The number of fused-ring (bicyclic) bond motifs is 2. The number of nitrogens with one attached hydrogen (secondary N) is 1. The molecule has 4 rings (SSSR count). The fraction of sp³-hybridized carbons (Fsp3) is 0.444. The summed E-state index contributed by atoms with van der Waals surface area (Å²) in [6.45, 7) is 0.654. The van der Waals surface area contributed by atoms with Gasteiger partial charge >= 0.3 is 0 Å². The Labute approximate surface area is 145 Å². The maximum atomic E-state index is 13.7. The van der Waals surface area contributed by atoms with Gasteiger partial charge in [0.2, 0.25) is 0 Å². The second-order valence-corrected chi connectivity index (χ2v) is 6.66. The summed E-state index contributed by atoms with van der Waals surface area (Å²) in [7, 11) is 1.68. The molecule has 1 aliphatic carbocycles. The molecule has 2 atom stereocenters. The van der Waals surface area contributed by atoms with E-state index in [0.29, 0.717) is 30.8 Å². The molecule has 2 aromatic rings. The molecule has 0 saturated carbocycles. The van der Waals surface area contributed by atoms with Crippen molar-refractivity contribution in [3.63, 3.8) is 0 Å². The molecule has 0 unspecified atom stereocenters. The molecular formula is C18H21FN4O2. The Kier molecular flexibility index (Phi) is 3.95. The molecule has 0 amide bonds. The van der Waals surface area contributed by atoms with E-state index in [1.54, 1.807) is 13.2 Å². The lowest BCUT2D eigenvalue weighted by atomic mass is 9.90. The Morgan fingerprint density at radius 1 is 1.44 bits per heavy atom. The Hall–Kier alpha value is -2.41. The molecular weight excluding hydrogens is 323 g/mol. The molecule has 2 aliphatic rings. The summed E-state index contributed by atoms with van der Waals surface area (Å²) in [4.78, 5) is 13.1. The summed E-state index contributed by atoms with van der Waals surface area (Å²) in [5, 5.41) is 7.67. The Morgan fingerprint density at radius 2 is 2.28 bits per heavy atom. The van der Waals surface area contributed by atoms with Crippen LogP contribution < -0.4 is 11.1 Å². The quantitative estimate of drug-likeness (QED) is 0.874. The lowest BCUT2D eigenvalue weighted by molar-refractivity contribution is 0.0859. The van der Waals surface area contributed by atoms with Crippen LogP contribution in [0.25, 0.3) is 0 Å². The fourth-order valence-electron chi connectivity index (χ4n) is 3.82. The molecule has 7 heteroatoms. The molecule has 1 aromatic heterocycles. The van der Waals surface area contributed by atoms with E-state index in [-0.39, 0.29) is 17.8 Å². The number of methoxy groups -OCH3 is 1. The number of hydrogen-bond donors (Lipinski definition) is 2. The summed E-state index contributed by atoms with van der Waals surface area (Å²) >= 11 is 0. The molecule has 0 bridgehead atoms. The van der Waals surface area contributed by atoms with Gasteiger partial charge in [-0.3, -0.25) is 4.79 Å². The van der Waals surface area contributed by atoms with Crippen LogP contribution in [-0.4, -0.2) is 35.4 Å². The summed E-state index contributed by atoms with van der Waals surface area (Å²) in [6.07, 6.45) is 2.98. The van der Waals surface area contributed by atoms with Crippen LogP contribution in [0, 0.1) is 5.82 Å². The number of aryl methyl sites for hydroxylation is 1. The van der Waals surface area contributed by atoms with Crippen molar-refractivity contribution in [3.8, 4) is 0 Å². The molecule has 0 radical (unpaired) electrons. The monoisotopic (exact) mass is 344 g/mol. The normalized spacial score (nSPS) is 22.0. The number of carbonyl (C=O) groups is 1. The molecule has 0 fully saturated rings. The van der Waals surface area contributed by atoms with Crippen LogP contribution in [0.2, 0.25) is 0 Å². The van der Waals surface area contributed by atoms with Crippen molar-refractivity contribution in [3.05, 3.63) is 40.8 Å². The van der Waals surface area contributed by atoms with Crippen LogP contribution in [0.4, 0.5) is 15.9 Å². The van der Waals surface area contributed by atoms with E-state index < -0.39 is 5.92 Å². The lowest BCUT2D eigenvalue weighted by Gasteiger charge is -2.25. The number of rotatable bonds is 2. The van der Waals surface area contributed by atoms with Gasteiger partial charge in [-0.1, -0.05) is 0 Å². The standard InChI is InChI=1S/C18H21FN4O2/c1-25-11-3-5-16-14(9-11)17(20)23(22-16)18(24)12-6-7-21-15-4-2-10(19)8-13(12)15/h2,4,8,11-12,21H,3,5-7,9,20H2,1H3/t11-,12-/m1/s1. The number of nitrogen functional groups attached to an aromatic ring is 1. The Morgan fingerprint density at radius 3 is 3.08 bits per heavy atom. The second kappa shape index (κ2) is 6.15. The van der Waals surface area contributed by atoms with Gasteiger partial charge in [-0.05, 0) is 43.0 Å². The van der Waals surface area contributed by atoms with E-state index in [1.807, 2.05) is 0 Å². The van der Waals surface area contributed by atoms with Gasteiger partial charge in [0.25, 0.3) is 5.91 Å². The van der Waals surface area contributed by atoms with E-state index >= 15 is 0 Å². The van der Waals surface area contributed by atoms with Crippen LogP contribution >= 0.6 is 0 Å². The Bertz CT molecular complexity index is 833. The van der Waals surface area contributed by atoms with E-state index in [0.717, 1.165) is 29.8 Å². The number of nitrogens with zero attached hydrogens (tertiary/aromatic N) is 2. The third-order valence-corrected chi connectivity index (χ3v) is 5.22. The minimum absolute atomic E-state index is 0.108. The second-order valence-electron chi connectivity index (χ2n) is 6.66. The number of carbonyl (C=O) groups excluding carboxylic acids is 1. The number of hydrogen-bond acceptors (Lipinski definition) is 5. The van der Waals surface area contributed by atoms with Crippen LogP contribution in [0.5, 0.6) is 0 Å². The third kappa shape index (κ3) is 2.68. The first-order chi connectivity index (χ1) is 12.1. The summed E-state index contributed by atoms with van der Waals surface area (Å²) in [5.41, 5.74) is 9.46. The molecule has 132 valence electrons. The largest absolute Gasteiger partial charge is 0.385 e. The molecule has 2 heterocycles. The highest BCUT2D eigenvalue weighted by atomic mass is 19.1. The first kappa shape index (κ1) is 16.1. The van der Waals surface area contributed by atoms with Crippen molar-refractivity contribution in [2.45, 2.75) is 37.7 Å². The number of halogens is 1. The van der Waals surface area contributed by atoms with E-state index in [4.69, 9.17) is 10.5 Å². The SMILES string of the molecule is CO[C@@H]1CCc2nn(C(=O)[C@@H]3CCNc4ccc(F)cc43)c(N)c2C1. The van der Waals surface area contributed by atoms with Crippen molar-refractivity contribution in [1.29, 1.82) is 0 Å².